The van der Waals surface area contributed by atoms with Crippen molar-refractivity contribution in [3.63, 3.8) is 0 Å². The molecule has 2 rings (SSSR count). The van der Waals surface area contributed by atoms with E-state index in [4.69, 9.17) is 10.5 Å². The fourth-order valence-electron chi connectivity index (χ4n) is 2.70. The number of carbonyl (C=O) groups is 2. The number of aliphatic hydroxyl groups is 1. The Morgan fingerprint density at radius 1 is 1.33 bits per heavy atom. The van der Waals surface area contributed by atoms with Crippen molar-refractivity contribution in [3.05, 3.63) is 29.8 Å². The van der Waals surface area contributed by atoms with Crippen LogP contribution in [-0.4, -0.2) is 47.1 Å². The maximum atomic E-state index is 12.4. The fourth-order valence-corrected chi connectivity index (χ4v) is 2.70. The van der Waals surface area contributed by atoms with Gasteiger partial charge in [0.15, 0.2) is 5.60 Å². The van der Waals surface area contributed by atoms with Crippen LogP contribution in [0.2, 0.25) is 0 Å². The Morgan fingerprint density at radius 2 is 2.00 bits per heavy atom. The van der Waals surface area contributed by atoms with Gasteiger partial charge in [-0.05, 0) is 36.5 Å². The zero-order valence-electron chi connectivity index (χ0n) is 14.3. The van der Waals surface area contributed by atoms with Crippen LogP contribution in [0.4, 0.5) is 0 Å². The first-order valence-electron chi connectivity index (χ1n) is 8.32. The zero-order valence-corrected chi connectivity index (χ0v) is 14.3. The summed E-state index contributed by atoms with van der Waals surface area (Å²) in [5.41, 5.74) is 4.50. The Bertz CT molecular complexity index is 585. The molecule has 0 saturated carbocycles. The molecule has 1 atom stereocenters. The first kappa shape index (κ1) is 18.3. The lowest BCUT2D eigenvalue weighted by molar-refractivity contribution is -0.148. The van der Waals surface area contributed by atoms with E-state index in [9.17, 15) is 14.7 Å². The van der Waals surface area contributed by atoms with Crippen LogP contribution in [-0.2, 0) is 16.0 Å². The zero-order chi connectivity index (χ0) is 17.7. The van der Waals surface area contributed by atoms with E-state index in [1.54, 1.807) is 0 Å². The second kappa shape index (κ2) is 7.66. The standard InChI is InChI=1S/C18H26N2O4/c1-13(2)11-24-15-6-4-14(5-7-15)10-16(21)20-9-3-8-18(23,12-20)17(19)22/h4-7,13,23H,3,8-12H2,1-2H3,(H2,19,22). The summed E-state index contributed by atoms with van der Waals surface area (Å²) < 4.78 is 5.62. The van der Waals surface area contributed by atoms with E-state index in [1.165, 1.54) is 4.90 Å². The summed E-state index contributed by atoms with van der Waals surface area (Å²) in [6, 6.07) is 7.41. The number of hydrogen-bond donors (Lipinski definition) is 2. The number of rotatable bonds is 6. The molecule has 0 spiro atoms. The predicted octanol–water partition coefficient (Wildman–Crippen LogP) is 1.10. The molecular weight excluding hydrogens is 308 g/mol. The molecule has 1 saturated heterocycles. The molecule has 3 N–H and O–H groups in total. The van der Waals surface area contributed by atoms with Gasteiger partial charge in [-0.1, -0.05) is 26.0 Å². The summed E-state index contributed by atoms with van der Waals surface area (Å²) in [7, 11) is 0. The maximum absolute atomic E-state index is 12.4. The van der Waals surface area contributed by atoms with Gasteiger partial charge < -0.3 is 20.5 Å². The topological polar surface area (TPSA) is 92.9 Å². The average molecular weight is 334 g/mol. The lowest BCUT2D eigenvalue weighted by Crippen LogP contribution is -2.57. The van der Waals surface area contributed by atoms with Crippen LogP contribution < -0.4 is 10.5 Å². The van der Waals surface area contributed by atoms with Crippen molar-refractivity contribution in [1.29, 1.82) is 0 Å². The molecule has 0 aliphatic carbocycles. The minimum Gasteiger partial charge on any atom is -0.493 e. The molecule has 0 radical (unpaired) electrons. The normalized spacial score (nSPS) is 20.9. The molecule has 1 aromatic carbocycles. The van der Waals surface area contributed by atoms with Crippen LogP contribution in [0.25, 0.3) is 0 Å². The molecular formula is C18H26N2O4. The van der Waals surface area contributed by atoms with Gasteiger partial charge in [-0.25, -0.2) is 0 Å². The SMILES string of the molecule is CC(C)COc1ccc(CC(=O)N2CCCC(O)(C(N)=O)C2)cc1. The van der Waals surface area contributed by atoms with Crippen molar-refractivity contribution in [1.82, 2.24) is 4.90 Å². The molecule has 24 heavy (non-hydrogen) atoms. The van der Waals surface area contributed by atoms with Crippen LogP contribution in [0.1, 0.15) is 32.3 Å². The Hall–Kier alpha value is -2.08. The smallest absolute Gasteiger partial charge is 0.251 e. The summed E-state index contributed by atoms with van der Waals surface area (Å²) in [6.45, 7) is 5.32. The highest BCUT2D eigenvalue weighted by atomic mass is 16.5. The van der Waals surface area contributed by atoms with Gasteiger partial charge in [-0.2, -0.15) is 0 Å². The lowest BCUT2D eigenvalue weighted by atomic mass is 9.92. The van der Waals surface area contributed by atoms with Gasteiger partial charge in [0.2, 0.25) is 5.91 Å². The van der Waals surface area contributed by atoms with E-state index < -0.39 is 11.5 Å². The third-order valence-corrected chi connectivity index (χ3v) is 4.14. The van der Waals surface area contributed by atoms with Gasteiger partial charge in [-0.15, -0.1) is 0 Å². The molecule has 1 aromatic rings. The second-order valence-electron chi connectivity index (χ2n) is 6.84. The molecule has 132 valence electrons. The van der Waals surface area contributed by atoms with Crippen LogP contribution in [0.5, 0.6) is 5.75 Å². The summed E-state index contributed by atoms with van der Waals surface area (Å²) in [5, 5.41) is 10.2. The number of amides is 2. The number of piperidine rings is 1. The molecule has 6 nitrogen and oxygen atoms in total. The molecule has 1 unspecified atom stereocenters. The second-order valence-corrected chi connectivity index (χ2v) is 6.84. The molecule has 1 aliphatic heterocycles. The van der Waals surface area contributed by atoms with E-state index in [0.717, 1.165) is 11.3 Å². The van der Waals surface area contributed by atoms with E-state index in [2.05, 4.69) is 13.8 Å². The first-order valence-corrected chi connectivity index (χ1v) is 8.32. The van der Waals surface area contributed by atoms with E-state index in [-0.39, 0.29) is 18.9 Å². The minimum absolute atomic E-state index is 0.0310. The predicted molar refractivity (Wildman–Crippen MR) is 90.4 cm³/mol. The van der Waals surface area contributed by atoms with Crippen molar-refractivity contribution < 1.29 is 19.4 Å². The molecule has 1 heterocycles. The number of carbonyl (C=O) groups excluding carboxylic acids is 2. The third kappa shape index (κ3) is 4.71. The third-order valence-electron chi connectivity index (χ3n) is 4.14. The minimum atomic E-state index is -1.61. The summed E-state index contributed by atoms with van der Waals surface area (Å²) in [5.74, 6) is 0.340. The Balaban J connectivity index is 1.93. The number of ether oxygens (including phenoxy) is 1. The van der Waals surface area contributed by atoms with E-state index >= 15 is 0 Å². The quantitative estimate of drug-likeness (QED) is 0.815. The van der Waals surface area contributed by atoms with Gasteiger partial charge in [-0.3, -0.25) is 9.59 Å². The summed E-state index contributed by atoms with van der Waals surface area (Å²) >= 11 is 0. The number of nitrogens with zero attached hydrogens (tertiary/aromatic N) is 1. The average Bonchev–Trinajstić information content (AvgIpc) is 2.54. The van der Waals surface area contributed by atoms with Crippen molar-refractivity contribution in [2.75, 3.05) is 19.7 Å². The van der Waals surface area contributed by atoms with Crippen molar-refractivity contribution in [3.8, 4) is 5.75 Å². The number of β-amino-alcohol motifs (C(OH)–C–C–N with tert-alkyl or cyclic N) is 1. The first-order chi connectivity index (χ1) is 11.3. The number of hydrogen-bond acceptors (Lipinski definition) is 4. The largest absolute Gasteiger partial charge is 0.493 e. The highest BCUT2D eigenvalue weighted by Gasteiger charge is 2.40. The van der Waals surface area contributed by atoms with Gasteiger partial charge in [0.05, 0.1) is 19.6 Å². The van der Waals surface area contributed by atoms with Crippen molar-refractivity contribution in [2.24, 2.45) is 11.7 Å². The molecule has 0 aromatic heterocycles. The number of primary amides is 1. The van der Waals surface area contributed by atoms with Crippen LogP contribution in [0.3, 0.4) is 0 Å². The van der Waals surface area contributed by atoms with Gasteiger partial charge >= 0.3 is 0 Å². The van der Waals surface area contributed by atoms with Crippen molar-refractivity contribution in [2.45, 2.75) is 38.7 Å². The maximum Gasteiger partial charge on any atom is 0.251 e. The Kier molecular flexibility index (Phi) is 5.83. The Labute approximate surface area is 142 Å². The van der Waals surface area contributed by atoms with Crippen molar-refractivity contribution >= 4 is 11.8 Å². The number of benzene rings is 1. The highest BCUT2D eigenvalue weighted by Crippen LogP contribution is 2.22. The highest BCUT2D eigenvalue weighted by molar-refractivity contribution is 5.85. The summed E-state index contributed by atoms with van der Waals surface area (Å²) in [4.78, 5) is 25.3. The monoisotopic (exact) mass is 334 g/mol. The van der Waals surface area contributed by atoms with Gasteiger partial charge in [0, 0.05) is 6.54 Å². The molecule has 1 aliphatic rings. The van der Waals surface area contributed by atoms with Gasteiger partial charge in [0.25, 0.3) is 5.91 Å². The fraction of sp³-hybridized carbons (Fsp3) is 0.556. The van der Waals surface area contributed by atoms with Crippen LogP contribution >= 0.6 is 0 Å². The number of likely N-dealkylation sites (tertiary alicyclic amines) is 1. The van der Waals surface area contributed by atoms with E-state index in [1.807, 2.05) is 24.3 Å². The summed E-state index contributed by atoms with van der Waals surface area (Å²) in [6.07, 6.45) is 1.08. The molecule has 1 fully saturated rings. The van der Waals surface area contributed by atoms with Crippen LogP contribution in [0, 0.1) is 5.92 Å². The van der Waals surface area contributed by atoms with Gasteiger partial charge in [0.1, 0.15) is 5.75 Å². The Morgan fingerprint density at radius 3 is 2.58 bits per heavy atom. The number of nitrogens with two attached hydrogens (primary N) is 1. The van der Waals surface area contributed by atoms with E-state index in [0.29, 0.717) is 31.9 Å². The van der Waals surface area contributed by atoms with Crippen LogP contribution in [0.15, 0.2) is 24.3 Å². The molecule has 0 bridgehead atoms. The molecule has 2 amide bonds. The molecule has 6 heteroatoms. The lowest BCUT2D eigenvalue weighted by Gasteiger charge is -2.37.